The summed E-state index contributed by atoms with van der Waals surface area (Å²) in [6.07, 6.45) is -0.00685. The Balaban J connectivity index is 1.75. The molecule has 0 saturated carbocycles. The van der Waals surface area contributed by atoms with Crippen molar-refractivity contribution in [1.29, 1.82) is 0 Å². The van der Waals surface area contributed by atoms with Crippen LogP contribution in [0.15, 0.2) is 28.8 Å². The molecule has 1 aliphatic heterocycles. The van der Waals surface area contributed by atoms with Gasteiger partial charge in [-0.2, -0.15) is 0 Å². The van der Waals surface area contributed by atoms with Crippen molar-refractivity contribution in [2.75, 3.05) is 13.1 Å². The lowest BCUT2D eigenvalue weighted by Gasteiger charge is -2.38. The number of benzene rings is 1. The minimum Gasteiger partial charge on any atom is -0.356 e. The molecular formula is C12H10F2N2O2. The van der Waals surface area contributed by atoms with Crippen LogP contribution < -0.4 is 0 Å². The van der Waals surface area contributed by atoms with Gasteiger partial charge >= 0.3 is 0 Å². The molecule has 0 unspecified atom stereocenters. The predicted molar refractivity (Wildman–Crippen MR) is 59.2 cm³/mol. The van der Waals surface area contributed by atoms with Crippen LogP contribution >= 0.6 is 0 Å². The first-order valence-electron chi connectivity index (χ1n) is 5.54. The fourth-order valence-corrected chi connectivity index (χ4v) is 2.01. The average Bonchev–Trinajstić information content (AvgIpc) is 2.70. The molecule has 1 aliphatic rings. The van der Waals surface area contributed by atoms with E-state index < -0.39 is 19.0 Å². The largest absolute Gasteiger partial charge is 0.356 e. The van der Waals surface area contributed by atoms with E-state index in [-0.39, 0.29) is 12.3 Å². The number of alkyl halides is 2. The summed E-state index contributed by atoms with van der Waals surface area (Å²) in [6, 6.07) is 7.15. The van der Waals surface area contributed by atoms with Gasteiger partial charge in [-0.3, -0.25) is 4.79 Å². The van der Waals surface area contributed by atoms with Crippen LogP contribution in [0.3, 0.4) is 0 Å². The molecule has 2 aromatic rings. The Morgan fingerprint density at radius 3 is 2.83 bits per heavy atom. The summed E-state index contributed by atoms with van der Waals surface area (Å²) >= 11 is 0. The fourth-order valence-electron chi connectivity index (χ4n) is 2.01. The molecule has 1 saturated heterocycles. The molecule has 0 radical (unpaired) electrons. The Morgan fingerprint density at radius 2 is 2.11 bits per heavy atom. The van der Waals surface area contributed by atoms with Crippen molar-refractivity contribution in [2.24, 2.45) is 0 Å². The summed E-state index contributed by atoms with van der Waals surface area (Å²) in [4.78, 5) is 12.9. The number of aromatic nitrogens is 1. The van der Waals surface area contributed by atoms with Crippen molar-refractivity contribution in [3.63, 3.8) is 0 Å². The van der Waals surface area contributed by atoms with Crippen molar-refractivity contribution >= 4 is 16.9 Å². The predicted octanol–water partition coefficient (Wildman–Crippen LogP) is 1.85. The lowest BCUT2D eigenvalue weighted by molar-refractivity contribution is -0.165. The molecule has 6 heteroatoms. The van der Waals surface area contributed by atoms with Crippen molar-refractivity contribution in [1.82, 2.24) is 10.1 Å². The van der Waals surface area contributed by atoms with Crippen LogP contribution in [0, 0.1) is 0 Å². The Kier molecular flexibility index (Phi) is 2.33. The van der Waals surface area contributed by atoms with Crippen LogP contribution in [0.4, 0.5) is 8.78 Å². The van der Waals surface area contributed by atoms with E-state index in [0.717, 1.165) is 10.3 Å². The van der Waals surface area contributed by atoms with E-state index >= 15 is 0 Å². The maximum absolute atomic E-state index is 12.7. The average molecular weight is 252 g/mol. The van der Waals surface area contributed by atoms with Gasteiger partial charge in [0.2, 0.25) is 5.91 Å². The highest BCUT2D eigenvalue weighted by atomic mass is 19.3. The number of fused-ring (bicyclic) bond motifs is 1. The van der Waals surface area contributed by atoms with Gasteiger partial charge in [0, 0.05) is 5.39 Å². The van der Waals surface area contributed by atoms with E-state index in [9.17, 15) is 13.6 Å². The highest BCUT2D eigenvalue weighted by Crippen LogP contribution is 2.27. The zero-order valence-corrected chi connectivity index (χ0v) is 9.40. The lowest BCUT2D eigenvalue weighted by atomic mass is 10.1. The second kappa shape index (κ2) is 3.76. The van der Waals surface area contributed by atoms with Crippen molar-refractivity contribution in [3.05, 3.63) is 30.0 Å². The van der Waals surface area contributed by atoms with E-state index in [4.69, 9.17) is 4.52 Å². The highest BCUT2D eigenvalue weighted by Gasteiger charge is 2.46. The van der Waals surface area contributed by atoms with E-state index in [1.54, 1.807) is 18.2 Å². The fraction of sp³-hybridized carbons (Fsp3) is 0.333. The standard InChI is InChI=1S/C12H10F2N2O2/c13-12(14)6-16(7-12)11(17)5-9-8-3-1-2-4-10(8)18-15-9/h1-4H,5-7H2. The third-order valence-corrected chi connectivity index (χ3v) is 2.97. The van der Waals surface area contributed by atoms with Crippen LogP contribution in [0.5, 0.6) is 0 Å². The monoisotopic (exact) mass is 252 g/mol. The molecule has 1 aromatic heterocycles. The third kappa shape index (κ3) is 1.83. The van der Waals surface area contributed by atoms with Gasteiger partial charge in [0.1, 0.15) is 5.69 Å². The van der Waals surface area contributed by atoms with E-state index in [1.807, 2.05) is 6.07 Å². The van der Waals surface area contributed by atoms with Gasteiger partial charge < -0.3 is 9.42 Å². The quantitative estimate of drug-likeness (QED) is 0.819. The van der Waals surface area contributed by atoms with E-state index in [2.05, 4.69) is 5.16 Å². The van der Waals surface area contributed by atoms with Crippen LogP contribution in [0.2, 0.25) is 0 Å². The third-order valence-electron chi connectivity index (χ3n) is 2.97. The van der Waals surface area contributed by atoms with E-state index in [1.165, 1.54) is 0 Å². The topological polar surface area (TPSA) is 46.3 Å². The second-order valence-corrected chi connectivity index (χ2v) is 4.41. The van der Waals surface area contributed by atoms with Crippen LogP contribution in [0.25, 0.3) is 11.0 Å². The smallest absolute Gasteiger partial charge is 0.282 e. The van der Waals surface area contributed by atoms with Crippen LogP contribution in [-0.2, 0) is 11.2 Å². The molecule has 0 aliphatic carbocycles. The Labute approximate surface area is 101 Å². The Hall–Kier alpha value is -1.98. The van der Waals surface area contributed by atoms with Crippen molar-refractivity contribution in [2.45, 2.75) is 12.3 Å². The van der Waals surface area contributed by atoms with Crippen molar-refractivity contribution < 1.29 is 18.1 Å². The zero-order valence-electron chi connectivity index (χ0n) is 9.40. The maximum Gasteiger partial charge on any atom is 0.282 e. The van der Waals surface area contributed by atoms with Gasteiger partial charge in [-0.05, 0) is 12.1 Å². The normalized spacial score (nSPS) is 17.8. The highest BCUT2D eigenvalue weighted by molar-refractivity contribution is 5.86. The maximum atomic E-state index is 12.7. The summed E-state index contributed by atoms with van der Waals surface area (Å²) < 4.78 is 30.4. The first kappa shape index (κ1) is 11.1. The minimum absolute atomic E-state index is 0.00685. The summed E-state index contributed by atoms with van der Waals surface area (Å²) in [7, 11) is 0. The van der Waals surface area contributed by atoms with Gasteiger partial charge in [0.25, 0.3) is 5.92 Å². The van der Waals surface area contributed by atoms with E-state index in [0.29, 0.717) is 11.3 Å². The molecule has 0 bridgehead atoms. The van der Waals surface area contributed by atoms with Gasteiger partial charge in [-0.15, -0.1) is 0 Å². The van der Waals surface area contributed by atoms with Crippen LogP contribution in [0.1, 0.15) is 5.69 Å². The van der Waals surface area contributed by atoms with Crippen molar-refractivity contribution in [3.8, 4) is 0 Å². The Morgan fingerprint density at radius 1 is 1.39 bits per heavy atom. The minimum atomic E-state index is -2.73. The lowest BCUT2D eigenvalue weighted by Crippen LogP contribution is -2.58. The van der Waals surface area contributed by atoms with Crippen LogP contribution in [-0.4, -0.2) is 35.0 Å². The molecule has 0 N–H and O–H groups in total. The molecule has 1 amide bonds. The number of para-hydroxylation sites is 1. The molecule has 0 atom stereocenters. The molecule has 18 heavy (non-hydrogen) atoms. The zero-order chi connectivity index (χ0) is 12.8. The summed E-state index contributed by atoms with van der Waals surface area (Å²) in [6.45, 7) is -0.997. The van der Waals surface area contributed by atoms with Gasteiger partial charge in [-0.1, -0.05) is 17.3 Å². The number of nitrogens with zero attached hydrogens (tertiary/aromatic N) is 2. The Bertz CT molecular complexity index is 601. The number of amides is 1. The summed E-state index contributed by atoms with van der Waals surface area (Å²) in [5, 5.41) is 4.55. The van der Waals surface area contributed by atoms with Gasteiger partial charge in [0.05, 0.1) is 19.5 Å². The molecule has 0 spiro atoms. The first-order valence-corrected chi connectivity index (χ1v) is 5.54. The number of carbonyl (C=O) groups is 1. The molecule has 1 fully saturated rings. The number of carbonyl (C=O) groups excluding carboxylic acids is 1. The number of hydrogen-bond acceptors (Lipinski definition) is 3. The molecule has 4 nitrogen and oxygen atoms in total. The SMILES string of the molecule is O=C(Cc1noc2ccccc12)N1CC(F)(F)C1. The van der Waals surface area contributed by atoms with Gasteiger partial charge in [0.15, 0.2) is 5.58 Å². The molecular weight excluding hydrogens is 242 g/mol. The molecule has 3 rings (SSSR count). The first-order chi connectivity index (χ1) is 8.55. The molecule has 1 aromatic carbocycles. The summed E-state index contributed by atoms with van der Waals surface area (Å²) in [5.74, 6) is -3.08. The number of rotatable bonds is 2. The molecule has 94 valence electrons. The molecule has 2 heterocycles. The second-order valence-electron chi connectivity index (χ2n) is 4.41. The van der Waals surface area contributed by atoms with Gasteiger partial charge in [-0.25, -0.2) is 8.78 Å². The number of halogens is 2. The number of hydrogen-bond donors (Lipinski definition) is 0. The summed E-state index contributed by atoms with van der Waals surface area (Å²) in [5.41, 5.74) is 1.08. The number of likely N-dealkylation sites (tertiary alicyclic amines) is 1.